The molecule has 0 atom stereocenters. The molecule has 2 amide bonds. The smallest absolute Gasteiger partial charge is 0.293 e. The number of amides is 2. The molecule has 1 fully saturated rings. The fourth-order valence-corrected chi connectivity index (χ4v) is 4.82. The fraction of sp³-hybridized carbons (Fsp3) is 0.231. The average Bonchev–Trinajstić information content (AvgIpc) is 2.63. The first kappa shape index (κ1) is 16.1. The molecule has 1 aliphatic rings. The van der Waals surface area contributed by atoms with Gasteiger partial charge >= 0.3 is 0 Å². The summed E-state index contributed by atoms with van der Waals surface area (Å²) in [6.07, 6.45) is 1.73. The molecule has 1 aromatic carbocycles. The van der Waals surface area contributed by atoms with E-state index in [-0.39, 0.29) is 11.1 Å². The van der Waals surface area contributed by atoms with Crippen molar-refractivity contribution in [3.8, 4) is 5.75 Å². The molecule has 0 radical (unpaired) electrons. The Morgan fingerprint density at radius 3 is 2.60 bits per heavy atom. The standard InChI is InChI=1S/C13H11I2NO3S/c1-3-16-12(17)10(20-13(16)18)5-7-4-8(14)6-9(15)11(7)19-2/h4-6H,3H2,1-2H3/b10-5+. The molecule has 0 saturated carbocycles. The van der Waals surface area contributed by atoms with Crippen molar-refractivity contribution < 1.29 is 14.3 Å². The Morgan fingerprint density at radius 2 is 2.05 bits per heavy atom. The number of carbonyl (C=O) groups is 2. The molecule has 0 unspecified atom stereocenters. The summed E-state index contributed by atoms with van der Waals surface area (Å²) in [5, 5.41) is -0.219. The highest BCUT2D eigenvalue weighted by atomic mass is 127. The van der Waals surface area contributed by atoms with Crippen LogP contribution in [0.2, 0.25) is 0 Å². The van der Waals surface area contributed by atoms with E-state index in [0.717, 1.165) is 24.5 Å². The highest BCUT2D eigenvalue weighted by molar-refractivity contribution is 14.1. The maximum atomic E-state index is 12.1. The molecule has 20 heavy (non-hydrogen) atoms. The van der Waals surface area contributed by atoms with E-state index in [1.165, 1.54) is 4.90 Å². The molecule has 7 heteroatoms. The summed E-state index contributed by atoms with van der Waals surface area (Å²) in [5.74, 6) is 0.479. The largest absolute Gasteiger partial charge is 0.495 e. The molecule has 1 saturated heterocycles. The van der Waals surface area contributed by atoms with E-state index in [1.807, 2.05) is 12.1 Å². The molecule has 0 spiro atoms. The number of methoxy groups -OCH3 is 1. The van der Waals surface area contributed by atoms with Crippen LogP contribution in [0.4, 0.5) is 4.79 Å². The highest BCUT2D eigenvalue weighted by Gasteiger charge is 2.33. The number of rotatable bonds is 3. The first-order chi connectivity index (χ1) is 9.47. The predicted octanol–water partition coefficient (Wildman–Crippen LogP) is 3.96. The van der Waals surface area contributed by atoms with Crippen LogP contribution < -0.4 is 4.74 Å². The molecular formula is C13H11I2NO3S. The Bertz CT molecular complexity index is 616. The van der Waals surface area contributed by atoms with Crippen molar-refractivity contribution in [3.63, 3.8) is 0 Å². The zero-order valence-electron chi connectivity index (χ0n) is 10.8. The van der Waals surface area contributed by atoms with Gasteiger partial charge in [0.15, 0.2) is 0 Å². The third-order valence-corrected chi connectivity index (χ3v) is 5.05. The van der Waals surface area contributed by atoms with Crippen LogP contribution in [0, 0.1) is 7.14 Å². The van der Waals surface area contributed by atoms with E-state index in [2.05, 4.69) is 45.2 Å². The fourth-order valence-electron chi connectivity index (χ4n) is 1.82. The van der Waals surface area contributed by atoms with Gasteiger partial charge in [0.2, 0.25) is 0 Å². The number of thioether (sulfide) groups is 1. The van der Waals surface area contributed by atoms with Crippen LogP contribution in [0.5, 0.6) is 5.75 Å². The first-order valence-corrected chi connectivity index (χ1v) is 8.73. The van der Waals surface area contributed by atoms with E-state index in [1.54, 1.807) is 20.1 Å². The van der Waals surface area contributed by atoms with Crippen molar-refractivity contribution in [2.24, 2.45) is 0 Å². The zero-order chi connectivity index (χ0) is 14.9. The Morgan fingerprint density at radius 1 is 1.35 bits per heavy atom. The van der Waals surface area contributed by atoms with Gasteiger partial charge in [-0.3, -0.25) is 14.5 Å². The number of likely N-dealkylation sites (N-methyl/N-ethyl adjacent to an activating group) is 1. The van der Waals surface area contributed by atoms with Crippen LogP contribution in [-0.4, -0.2) is 29.7 Å². The van der Waals surface area contributed by atoms with Gasteiger partial charge in [-0.15, -0.1) is 0 Å². The van der Waals surface area contributed by atoms with E-state index in [9.17, 15) is 9.59 Å². The number of halogens is 2. The molecule has 0 aliphatic carbocycles. The summed E-state index contributed by atoms with van der Waals surface area (Å²) >= 11 is 5.37. The van der Waals surface area contributed by atoms with Crippen LogP contribution in [0.1, 0.15) is 12.5 Å². The van der Waals surface area contributed by atoms with Crippen LogP contribution in [-0.2, 0) is 4.79 Å². The van der Waals surface area contributed by atoms with E-state index < -0.39 is 0 Å². The second-order valence-electron chi connectivity index (χ2n) is 3.94. The highest BCUT2D eigenvalue weighted by Crippen LogP contribution is 2.35. The Labute approximate surface area is 148 Å². The van der Waals surface area contributed by atoms with Crippen molar-refractivity contribution >= 4 is 74.2 Å². The van der Waals surface area contributed by atoms with Gasteiger partial charge < -0.3 is 4.74 Å². The lowest BCUT2D eigenvalue weighted by atomic mass is 10.2. The molecule has 0 aromatic heterocycles. The molecule has 1 aromatic rings. The molecule has 0 N–H and O–H groups in total. The monoisotopic (exact) mass is 515 g/mol. The second-order valence-corrected chi connectivity index (χ2v) is 7.34. The minimum absolute atomic E-state index is 0.219. The molecule has 0 bridgehead atoms. The minimum atomic E-state index is -0.238. The van der Waals surface area contributed by atoms with Gasteiger partial charge in [0.05, 0.1) is 15.6 Å². The Balaban J connectivity index is 2.46. The van der Waals surface area contributed by atoms with E-state index >= 15 is 0 Å². The summed E-state index contributed by atoms with van der Waals surface area (Å²) in [6, 6.07) is 3.93. The number of benzene rings is 1. The van der Waals surface area contributed by atoms with Crippen molar-refractivity contribution in [3.05, 3.63) is 29.7 Å². The lowest BCUT2D eigenvalue weighted by molar-refractivity contribution is -0.122. The lowest BCUT2D eigenvalue weighted by Gasteiger charge is -2.09. The van der Waals surface area contributed by atoms with Gasteiger partial charge in [0, 0.05) is 15.7 Å². The third kappa shape index (κ3) is 3.14. The maximum absolute atomic E-state index is 12.1. The predicted molar refractivity (Wildman–Crippen MR) is 96.8 cm³/mol. The van der Waals surface area contributed by atoms with Crippen LogP contribution in [0.25, 0.3) is 6.08 Å². The quantitative estimate of drug-likeness (QED) is 0.452. The molecule has 106 valence electrons. The summed E-state index contributed by atoms with van der Waals surface area (Å²) in [5.41, 5.74) is 0.811. The first-order valence-electron chi connectivity index (χ1n) is 5.76. The summed E-state index contributed by atoms with van der Waals surface area (Å²) < 4.78 is 7.40. The number of hydrogen-bond acceptors (Lipinski definition) is 4. The van der Waals surface area contributed by atoms with Crippen LogP contribution in [0.3, 0.4) is 0 Å². The van der Waals surface area contributed by atoms with Gasteiger partial charge in [-0.2, -0.15) is 0 Å². The summed E-state index contributed by atoms with van der Waals surface area (Å²) in [7, 11) is 1.60. The van der Waals surface area contributed by atoms with Gasteiger partial charge in [-0.05, 0) is 82.1 Å². The lowest BCUT2D eigenvalue weighted by Crippen LogP contribution is -2.27. The zero-order valence-corrected chi connectivity index (χ0v) is 15.9. The van der Waals surface area contributed by atoms with Crippen LogP contribution >= 0.6 is 56.9 Å². The van der Waals surface area contributed by atoms with Crippen molar-refractivity contribution in [1.82, 2.24) is 4.90 Å². The topological polar surface area (TPSA) is 46.6 Å². The van der Waals surface area contributed by atoms with Crippen molar-refractivity contribution in [2.45, 2.75) is 6.92 Å². The van der Waals surface area contributed by atoms with Crippen molar-refractivity contribution in [1.29, 1.82) is 0 Å². The number of nitrogens with zero attached hydrogens (tertiary/aromatic N) is 1. The van der Waals surface area contributed by atoms with E-state index in [0.29, 0.717) is 17.2 Å². The Kier molecular flexibility index (Phi) is 5.35. The second kappa shape index (κ2) is 6.65. The minimum Gasteiger partial charge on any atom is -0.495 e. The summed E-state index contributed by atoms with van der Waals surface area (Å²) in [4.78, 5) is 25.5. The molecular weight excluding hydrogens is 504 g/mol. The maximum Gasteiger partial charge on any atom is 0.293 e. The number of ether oxygens (including phenoxy) is 1. The summed E-state index contributed by atoms with van der Waals surface area (Å²) in [6.45, 7) is 2.18. The molecule has 1 heterocycles. The SMILES string of the molecule is CCN1C(=O)S/C(=C/c2cc(I)cc(I)c2OC)C1=O. The number of hydrogen-bond donors (Lipinski definition) is 0. The van der Waals surface area contributed by atoms with E-state index in [4.69, 9.17) is 4.74 Å². The normalized spacial score (nSPS) is 17.2. The van der Waals surface area contributed by atoms with Gasteiger partial charge in [-0.25, -0.2) is 0 Å². The van der Waals surface area contributed by atoms with Gasteiger partial charge in [-0.1, -0.05) is 0 Å². The van der Waals surface area contributed by atoms with Gasteiger partial charge in [0.25, 0.3) is 11.1 Å². The molecule has 2 rings (SSSR count). The molecule has 1 aliphatic heterocycles. The number of imide groups is 1. The molecule has 4 nitrogen and oxygen atoms in total. The van der Waals surface area contributed by atoms with Crippen LogP contribution in [0.15, 0.2) is 17.0 Å². The average molecular weight is 515 g/mol. The van der Waals surface area contributed by atoms with Crippen molar-refractivity contribution in [2.75, 3.05) is 13.7 Å². The number of carbonyl (C=O) groups excluding carboxylic acids is 2. The van der Waals surface area contributed by atoms with Gasteiger partial charge in [0.1, 0.15) is 5.75 Å². The Hall–Kier alpha value is -0.290. The third-order valence-electron chi connectivity index (χ3n) is 2.72.